The number of sulfonamides is 1. The zero-order chi connectivity index (χ0) is 19.5. The summed E-state index contributed by atoms with van der Waals surface area (Å²) in [4.78, 5) is 25.6. The Balaban J connectivity index is 2.12. The first-order valence-corrected chi connectivity index (χ1v) is 10.2. The van der Waals surface area contributed by atoms with Crippen LogP contribution in [0.25, 0.3) is 0 Å². The van der Waals surface area contributed by atoms with Crippen LogP contribution in [0.15, 0.2) is 29.2 Å². The standard InChI is InChI=1S/C18H26N2O5S/c1-12(2)16(17(21)20-10-8-14(9-11-20)18(22)23)19-26(24,25)15-6-4-13(3)5-7-15/h4-7,12,14,16,19H,8-11H2,1-3H3,(H,22,23)/t16-/m0/s1. The van der Waals surface area contributed by atoms with E-state index < -0.39 is 28.0 Å². The summed E-state index contributed by atoms with van der Waals surface area (Å²) >= 11 is 0. The smallest absolute Gasteiger partial charge is 0.306 e. The molecule has 2 rings (SSSR count). The van der Waals surface area contributed by atoms with Crippen molar-refractivity contribution < 1.29 is 23.1 Å². The van der Waals surface area contributed by atoms with Gasteiger partial charge in [-0.25, -0.2) is 8.42 Å². The number of hydrogen-bond acceptors (Lipinski definition) is 4. The molecule has 0 spiro atoms. The van der Waals surface area contributed by atoms with Gasteiger partial charge < -0.3 is 10.0 Å². The lowest BCUT2D eigenvalue weighted by molar-refractivity contribution is -0.146. The first-order valence-electron chi connectivity index (χ1n) is 8.72. The van der Waals surface area contributed by atoms with Gasteiger partial charge in [0.1, 0.15) is 6.04 Å². The van der Waals surface area contributed by atoms with E-state index in [1.165, 1.54) is 12.1 Å². The van der Waals surface area contributed by atoms with Gasteiger partial charge in [-0.15, -0.1) is 0 Å². The van der Waals surface area contributed by atoms with Crippen LogP contribution in [0.5, 0.6) is 0 Å². The van der Waals surface area contributed by atoms with Gasteiger partial charge in [0.15, 0.2) is 0 Å². The Kier molecular flexibility index (Phi) is 6.41. The fourth-order valence-corrected chi connectivity index (χ4v) is 4.31. The number of carbonyl (C=O) groups is 2. The largest absolute Gasteiger partial charge is 0.481 e. The maximum atomic E-state index is 12.8. The van der Waals surface area contributed by atoms with E-state index >= 15 is 0 Å². The van der Waals surface area contributed by atoms with E-state index in [1.54, 1.807) is 30.9 Å². The molecule has 8 heteroatoms. The molecule has 1 amide bonds. The number of aliphatic carboxylic acids is 1. The maximum Gasteiger partial charge on any atom is 0.306 e. The summed E-state index contributed by atoms with van der Waals surface area (Å²) in [5, 5.41) is 9.06. The topological polar surface area (TPSA) is 104 Å². The molecule has 1 heterocycles. The molecule has 0 aliphatic carbocycles. The van der Waals surface area contributed by atoms with Crippen molar-refractivity contribution in [2.24, 2.45) is 11.8 Å². The van der Waals surface area contributed by atoms with Crippen LogP contribution in [0, 0.1) is 18.8 Å². The molecule has 2 N–H and O–H groups in total. The third kappa shape index (κ3) is 4.82. The monoisotopic (exact) mass is 382 g/mol. The Morgan fingerprint density at radius 1 is 1.15 bits per heavy atom. The summed E-state index contributed by atoms with van der Waals surface area (Å²) in [5.41, 5.74) is 0.946. The summed E-state index contributed by atoms with van der Waals surface area (Å²) in [6.07, 6.45) is 0.771. The molecule has 0 aromatic heterocycles. The number of carboxylic acid groups (broad SMARTS) is 1. The van der Waals surface area contributed by atoms with E-state index in [0.717, 1.165) is 5.56 Å². The number of nitrogens with zero attached hydrogens (tertiary/aromatic N) is 1. The fraction of sp³-hybridized carbons (Fsp3) is 0.556. The molecule has 0 radical (unpaired) electrons. The van der Waals surface area contributed by atoms with Crippen molar-refractivity contribution in [2.45, 2.75) is 44.6 Å². The normalized spacial score (nSPS) is 17.3. The van der Waals surface area contributed by atoms with E-state index in [0.29, 0.717) is 25.9 Å². The average molecular weight is 382 g/mol. The van der Waals surface area contributed by atoms with E-state index in [-0.39, 0.29) is 16.7 Å². The summed E-state index contributed by atoms with van der Waals surface area (Å²) in [6.45, 7) is 6.08. The number of rotatable bonds is 6. The number of likely N-dealkylation sites (tertiary alicyclic amines) is 1. The minimum absolute atomic E-state index is 0.117. The first-order chi connectivity index (χ1) is 12.1. The molecule has 7 nitrogen and oxygen atoms in total. The highest BCUT2D eigenvalue weighted by atomic mass is 32.2. The highest BCUT2D eigenvalue weighted by molar-refractivity contribution is 7.89. The molecular formula is C18H26N2O5S. The van der Waals surface area contributed by atoms with Gasteiger partial charge in [-0.1, -0.05) is 31.5 Å². The summed E-state index contributed by atoms with van der Waals surface area (Å²) in [6, 6.07) is 5.55. The molecule has 1 atom stereocenters. The zero-order valence-corrected chi connectivity index (χ0v) is 16.1. The van der Waals surface area contributed by atoms with Crippen molar-refractivity contribution >= 4 is 21.9 Å². The molecule has 1 aliphatic heterocycles. The highest BCUT2D eigenvalue weighted by Crippen LogP contribution is 2.20. The van der Waals surface area contributed by atoms with Gasteiger partial charge in [-0.2, -0.15) is 4.72 Å². The molecule has 1 saturated heterocycles. The fourth-order valence-electron chi connectivity index (χ4n) is 2.97. The molecule has 1 aromatic rings. The van der Waals surface area contributed by atoms with Crippen LogP contribution in [-0.4, -0.2) is 49.4 Å². The van der Waals surface area contributed by atoms with Crippen molar-refractivity contribution in [2.75, 3.05) is 13.1 Å². The van der Waals surface area contributed by atoms with E-state index in [4.69, 9.17) is 5.11 Å². The molecule has 1 fully saturated rings. The van der Waals surface area contributed by atoms with Crippen LogP contribution in [0.3, 0.4) is 0 Å². The predicted octanol–water partition coefficient (Wildman–Crippen LogP) is 1.62. The predicted molar refractivity (Wildman–Crippen MR) is 97.1 cm³/mol. The molecular weight excluding hydrogens is 356 g/mol. The van der Waals surface area contributed by atoms with Gasteiger partial charge in [-0.3, -0.25) is 9.59 Å². The van der Waals surface area contributed by atoms with Crippen molar-refractivity contribution in [3.8, 4) is 0 Å². The van der Waals surface area contributed by atoms with Gasteiger partial charge in [0, 0.05) is 13.1 Å². The maximum absolute atomic E-state index is 12.8. The Morgan fingerprint density at radius 2 is 1.69 bits per heavy atom. The third-order valence-corrected chi connectivity index (χ3v) is 6.16. The van der Waals surface area contributed by atoms with Crippen molar-refractivity contribution in [1.82, 2.24) is 9.62 Å². The number of carboxylic acids is 1. The van der Waals surface area contributed by atoms with Crippen molar-refractivity contribution in [1.29, 1.82) is 0 Å². The number of amides is 1. The van der Waals surface area contributed by atoms with Crippen LogP contribution in [0.1, 0.15) is 32.3 Å². The number of hydrogen-bond donors (Lipinski definition) is 2. The number of carbonyl (C=O) groups excluding carboxylic acids is 1. The zero-order valence-electron chi connectivity index (χ0n) is 15.3. The Morgan fingerprint density at radius 3 is 2.15 bits per heavy atom. The van der Waals surface area contributed by atoms with E-state index in [9.17, 15) is 18.0 Å². The van der Waals surface area contributed by atoms with Crippen molar-refractivity contribution in [3.05, 3.63) is 29.8 Å². The molecule has 1 aliphatic rings. The first kappa shape index (κ1) is 20.4. The van der Waals surface area contributed by atoms with Crippen LogP contribution in [0.2, 0.25) is 0 Å². The van der Waals surface area contributed by atoms with Crippen LogP contribution < -0.4 is 4.72 Å². The summed E-state index contributed by atoms with van der Waals surface area (Å²) in [5.74, 6) is -1.84. The van der Waals surface area contributed by atoms with Crippen LogP contribution in [0.4, 0.5) is 0 Å². The lowest BCUT2D eigenvalue weighted by Gasteiger charge is -2.34. The van der Waals surface area contributed by atoms with E-state index in [1.807, 2.05) is 6.92 Å². The SMILES string of the molecule is Cc1ccc(S(=O)(=O)N[C@H](C(=O)N2CCC(C(=O)O)CC2)C(C)C)cc1. The van der Waals surface area contributed by atoms with Gasteiger partial charge >= 0.3 is 5.97 Å². The van der Waals surface area contributed by atoms with Crippen LogP contribution in [-0.2, 0) is 19.6 Å². The lowest BCUT2D eigenvalue weighted by Crippen LogP contribution is -2.53. The average Bonchev–Trinajstić information content (AvgIpc) is 2.59. The van der Waals surface area contributed by atoms with Gasteiger partial charge in [0.05, 0.1) is 10.8 Å². The number of piperidine rings is 1. The lowest BCUT2D eigenvalue weighted by atomic mass is 9.95. The Hall–Kier alpha value is -1.93. The minimum atomic E-state index is -3.82. The quantitative estimate of drug-likeness (QED) is 0.778. The van der Waals surface area contributed by atoms with E-state index in [2.05, 4.69) is 4.72 Å². The highest BCUT2D eigenvalue weighted by Gasteiger charge is 2.34. The Labute approximate surface area is 154 Å². The summed E-state index contributed by atoms with van der Waals surface area (Å²) < 4.78 is 27.8. The van der Waals surface area contributed by atoms with Crippen molar-refractivity contribution in [3.63, 3.8) is 0 Å². The number of aryl methyl sites for hydroxylation is 1. The third-order valence-electron chi connectivity index (χ3n) is 4.70. The molecule has 26 heavy (non-hydrogen) atoms. The second kappa shape index (κ2) is 8.18. The van der Waals surface area contributed by atoms with Gasteiger partial charge in [-0.05, 0) is 37.8 Å². The Bertz CT molecular complexity index is 750. The second-order valence-corrected chi connectivity index (χ2v) is 8.81. The van der Waals surface area contributed by atoms with Crippen LogP contribution >= 0.6 is 0 Å². The molecule has 0 unspecified atom stereocenters. The minimum Gasteiger partial charge on any atom is -0.481 e. The van der Waals surface area contributed by atoms with Gasteiger partial charge in [0.2, 0.25) is 15.9 Å². The molecule has 0 bridgehead atoms. The van der Waals surface area contributed by atoms with Gasteiger partial charge in [0.25, 0.3) is 0 Å². The summed E-state index contributed by atoms with van der Waals surface area (Å²) in [7, 11) is -3.82. The second-order valence-electron chi connectivity index (χ2n) is 7.09. The molecule has 0 saturated carbocycles. The number of nitrogens with one attached hydrogen (secondary N) is 1. The molecule has 1 aromatic carbocycles. The molecule has 144 valence electrons. The number of benzene rings is 1.